The van der Waals surface area contributed by atoms with Gasteiger partial charge in [-0.3, -0.25) is 4.79 Å². The summed E-state index contributed by atoms with van der Waals surface area (Å²) in [6, 6.07) is 1.90. The molecule has 0 radical (unpaired) electrons. The highest BCUT2D eigenvalue weighted by molar-refractivity contribution is 5.75. The molecule has 5 nitrogen and oxygen atoms in total. The number of anilines is 1. The number of amides is 1. The molecule has 0 unspecified atom stereocenters. The average molecular weight is 330 g/mol. The maximum absolute atomic E-state index is 12.1. The standard InChI is InChI=1S/C19H30N4O/c24-18(10-9-16-7-3-1-4-8-16)21-15-17-11-12-20-19(22-17)23-13-5-2-6-14-23/h11-12,16H,1-10,13-15H2,(H,21,24). The Labute approximate surface area is 145 Å². The van der Waals surface area contributed by atoms with Crippen molar-refractivity contribution < 1.29 is 4.79 Å². The lowest BCUT2D eigenvalue weighted by Gasteiger charge is -2.26. The molecule has 0 atom stereocenters. The monoisotopic (exact) mass is 330 g/mol. The third-order valence-electron chi connectivity index (χ3n) is 5.31. The fraction of sp³-hybridized carbons (Fsp3) is 0.737. The van der Waals surface area contributed by atoms with Gasteiger partial charge in [0.25, 0.3) is 0 Å². The summed E-state index contributed by atoms with van der Waals surface area (Å²) in [5, 5.41) is 3.02. The summed E-state index contributed by atoms with van der Waals surface area (Å²) in [6.45, 7) is 2.58. The lowest BCUT2D eigenvalue weighted by atomic mass is 9.86. The zero-order valence-electron chi connectivity index (χ0n) is 14.7. The molecule has 5 heteroatoms. The molecule has 0 bridgehead atoms. The van der Waals surface area contributed by atoms with Gasteiger partial charge in [0.15, 0.2) is 0 Å². The number of aromatic nitrogens is 2. The molecule has 1 saturated carbocycles. The number of piperidine rings is 1. The van der Waals surface area contributed by atoms with E-state index in [4.69, 9.17) is 0 Å². The molecule has 1 aliphatic carbocycles. The van der Waals surface area contributed by atoms with Crippen LogP contribution < -0.4 is 10.2 Å². The number of carbonyl (C=O) groups is 1. The first-order chi connectivity index (χ1) is 11.8. The highest BCUT2D eigenvalue weighted by atomic mass is 16.1. The van der Waals surface area contributed by atoms with Crippen molar-refractivity contribution in [1.29, 1.82) is 0 Å². The van der Waals surface area contributed by atoms with E-state index in [9.17, 15) is 4.79 Å². The highest BCUT2D eigenvalue weighted by Crippen LogP contribution is 2.27. The van der Waals surface area contributed by atoms with Gasteiger partial charge in [-0.05, 0) is 37.7 Å². The van der Waals surface area contributed by atoms with Crippen LogP contribution in [-0.2, 0) is 11.3 Å². The average Bonchev–Trinajstić information content (AvgIpc) is 2.66. The summed E-state index contributed by atoms with van der Waals surface area (Å²) >= 11 is 0. The predicted octanol–water partition coefficient (Wildman–Crippen LogP) is 3.44. The van der Waals surface area contributed by atoms with Gasteiger partial charge in [-0.15, -0.1) is 0 Å². The SMILES string of the molecule is O=C(CCC1CCCCC1)NCc1ccnc(N2CCCCC2)n1. The van der Waals surface area contributed by atoms with Crippen molar-refractivity contribution in [1.82, 2.24) is 15.3 Å². The maximum atomic E-state index is 12.1. The van der Waals surface area contributed by atoms with E-state index in [1.807, 2.05) is 6.07 Å². The van der Waals surface area contributed by atoms with Gasteiger partial charge in [0.05, 0.1) is 12.2 Å². The van der Waals surface area contributed by atoms with Crippen molar-refractivity contribution >= 4 is 11.9 Å². The van der Waals surface area contributed by atoms with Gasteiger partial charge in [0.2, 0.25) is 11.9 Å². The quantitative estimate of drug-likeness (QED) is 0.868. The Kier molecular flexibility index (Phi) is 6.44. The van der Waals surface area contributed by atoms with Crippen LogP contribution in [0.1, 0.15) is 69.9 Å². The number of hydrogen-bond acceptors (Lipinski definition) is 4. The van der Waals surface area contributed by atoms with E-state index in [0.717, 1.165) is 37.1 Å². The van der Waals surface area contributed by atoms with Crippen molar-refractivity contribution in [2.45, 2.75) is 70.8 Å². The molecule has 2 aliphatic rings. The molecule has 2 fully saturated rings. The molecule has 1 aromatic heterocycles. The third-order valence-corrected chi connectivity index (χ3v) is 5.31. The molecule has 1 aromatic rings. The second-order valence-electron chi connectivity index (χ2n) is 7.22. The van der Waals surface area contributed by atoms with E-state index in [-0.39, 0.29) is 5.91 Å². The fourth-order valence-corrected chi connectivity index (χ4v) is 3.82. The molecular formula is C19H30N4O. The molecule has 1 N–H and O–H groups in total. The molecule has 1 saturated heterocycles. The summed E-state index contributed by atoms with van der Waals surface area (Å²) in [5.41, 5.74) is 0.900. The van der Waals surface area contributed by atoms with E-state index in [1.54, 1.807) is 6.20 Å². The number of carbonyl (C=O) groups excluding carboxylic acids is 1. The van der Waals surface area contributed by atoms with Crippen LogP contribution in [0.15, 0.2) is 12.3 Å². The molecule has 24 heavy (non-hydrogen) atoms. The lowest BCUT2D eigenvalue weighted by molar-refractivity contribution is -0.121. The molecular weight excluding hydrogens is 300 g/mol. The minimum atomic E-state index is 0.152. The Morgan fingerprint density at radius 2 is 1.88 bits per heavy atom. The molecule has 1 aliphatic heterocycles. The number of nitrogens with one attached hydrogen (secondary N) is 1. The number of nitrogens with zero attached hydrogens (tertiary/aromatic N) is 3. The zero-order chi connectivity index (χ0) is 16.6. The minimum absolute atomic E-state index is 0.152. The van der Waals surface area contributed by atoms with Gasteiger partial charge in [-0.1, -0.05) is 32.1 Å². The van der Waals surface area contributed by atoms with E-state index >= 15 is 0 Å². The Morgan fingerprint density at radius 3 is 2.67 bits per heavy atom. The Bertz CT molecular complexity index is 522. The Morgan fingerprint density at radius 1 is 1.12 bits per heavy atom. The van der Waals surface area contributed by atoms with Crippen LogP contribution >= 0.6 is 0 Å². The van der Waals surface area contributed by atoms with Crippen molar-refractivity contribution in [2.24, 2.45) is 5.92 Å². The van der Waals surface area contributed by atoms with E-state index in [2.05, 4.69) is 20.2 Å². The van der Waals surface area contributed by atoms with Crippen molar-refractivity contribution in [3.05, 3.63) is 18.0 Å². The third kappa shape index (κ3) is 5.18. The van der Waals surface area contributed by atoms with Crippen LogP contribution in [-0.4, -0.2) is 29.0 Å². The minimum Gasteiger partial charge on any atom is -0.350 e. The zero-order valence-corrected chi connectivity index (χ0v) is 14.7. The van der Waals surface area contributed by atoms with Crippen molar-refractivity contribution in [3.63, 3.8) is 0 Å². The van der Waals surface area contributed by atoms with Crippen LogP contribution in [0.25, 0.3) is 0 Å². The molecule has 132 valence electrons. The van der Waals surface area contributed by atoms with Gasteiger partial charge in [-0.2, -0.15) is 0 Å². The largest absolute Gasteiger partial charge is 0.350 e. The fourth-order valence-electron chi connectivity index (χ4n) is 3.82. The van der Waals surface area contributed by atoms with Gasteiger partial charge < -0.3 is 10.2 Å². The van der Waals surface area contributed by atoms with Gasteiger partial charge in [0.1, 0.15) is 0 Å². The van der Waals surface area contributed by atoms with Crippen LogP contribution in [0, 0.1) is 5.92 Å². The first kappa shape index (κ1) is 17.2. The predicted molar refractivity (Wildman–Crippen MR) is 95.8 cm³/mol. The van der Waals surface area contributed by atoms with Gasteiger partial charge in [-0.25, -0.2) is 9.97 Å². The molecule has 3 rings (SSSR count). The van der Waals surface area contributed by atoms with Gasteiger partial charge in [0, 0.05) is 25.7 Å². The summed E-state index contributed by atoms with van der Waals surface area (Å²) in [4.78, 5) is 23.3. The first-order valence-electron chi connectivity index (χ1n) is 9.65. The van der Waals surface area contributed by atoms with Crippen molar-refractivity contribution in [3.8, 4) is 0 Å². The van der Waals surface area contributed by atoms with Crippen LogP contribution in [0.2, 0.25) is 0 Å². The Hall–Kier alpha value is -1.65. The van der Waals surface area contributed by atoms with Crippen LogP contribution in [0.4, 0.5) is 5.95 Å². The second kappa shape index (κ2) is 9.00. The molecule has 1 amide bonds. The van der Waals surface area contributed by atoms with E-state index in [1.165, 1.54) is 51.4 Å². The summed E-state index contributed by atoms with van der Waals surface area (Å²) in [7, 11) is 0. The van der Waals surface area contributed by atoms with E-state index in [0.29, 0.717) is 13.0 Å². The maximum Gasteiger partial charge on any atom is 0.225 e. The van der Waals surface area contributed by atoms with E-state index < -0.39 is 0 Å². The molecule has 2 heterocycles. The smallest absolute Gasteiger partial charge is 0.225 e. The number of hydrogen-bond donors (Lipinski definition) is 1. The summed E-state index contributed by atoms with van der Waals surface area (Å²) < 4.78 is 0. The molecule has 0 spiro atoms. The lowest BCUT2D eigenvalue weighted by Crippen LogP contribution is -2.31. The number of rotatable bonds is 6. The highest BCUT2D eigenvalue weighted by Gasteiger charge is 2.16. The van der Waals surface area contributed by atoms with Crippen LogP contribution in [0.5, 0.6) is 0 Å². The van der Waals surface area contributed by atoms with Gasteiger partial charge >= 0.3 is 0 Å². The van der Waals surface area contributed by atoms with Crippen molar-refractivity contribution in [2.75, 3.05) is 18.0 Å². The molecule has 0 aromatic carbocycles. The second-order valence-corrected chi connectivity index (χ2v) is 7.22. The summed E-state index contributed by atoms with van der Waals surface area (Å²) in [6.07, 6.45) is 13.9. The first-order valence-corrected chi connectivity index (χ1v) is 9.65. The normalized spacial score (nSPS) is 19.2. The van der Waals surface area contributed by atoms with Crippen LogP contribution in [0.3, 0.4) is 0 Å². The topological polar surface area (TPSA) is 58.1 Å². The Balaban J connectivity index is 1.42. The summed E-state index contributed by atoms with van der Waals surface area (Å²) in [5.74, 6) is 1.72.